The van der Waals surface area contributed by atoms with E-state index in [1.54, 1.807) is 27.7 Å². The second-order valence-electron chi connectivity index (χ2n) is 6.76. The number of sulfonamides is 2. The predicted molar refractivity (Wildman–Crippen MR) is 113 cm³/mol. The number of aromatic nitrogens is 2. The summed E-state index contributed by atoms with van der Waals surface area (Å²) in [5.74, 6) is -0.541. The summed E-state index contributed by atoms with van der Waals surface area (Å²) in [4.78, 5) is 11.6. The number of ether oxygens (including phenoxy) is 1. The molecule has 30 heavy (non-hydrogen) atoms. The molecule has 0 aliphatic heterocycles. The Morgan fingerprint density at radius 1 is 1.07 bits per heavy atom. The van der Waals surface area contributed by atoms with Crippen molar-refractivity contribution >= 4 is 48.1 Å². The molecule has 3 N–H and O–H groups in total. The number of hydrogen-bond donors (Lipinski definition) is 3. The van der Waals surface area contributed by atoms with E-state index in [9.17, 15) is 21.6 Å². The van der Waals surface area contributed by atoms with Crippen LogP contribution in [0.2, 0.25) is 0 Å². The molecule has 166 valence electrons. The molecule has 2 rings (SSSR count). The van der Waals surface area contributed by atoms with E-state index in [0.717, 1.165) is 6.07 Å². The highest BCUT2D eigenvalue weighted by Crippen LogP contribution is 2.31. The van der Waals surface area contributed by atoms with Gasteiger partial charge < -0.3 is 10.1 Å². The van der Waals surface area contributed by atoms with Gasteiger partial charge in [0, 0.05) is 12.0 Å². The summed E-state index contributed by atoms with van der Waals surface area (Å²) in [6, 6.07) is 3.43. The molecule has 0 fully saturated rings. The lowest BCUT2D eigenvalue weighted by Crippen LogP contribution is -2.30. The van der Waals surface area contributed by atoms with Gasteiger partial charge in [0.05, 0.1) is 17.7 Å². The molecule has 0 aliphatic carbocycles. The normalized spacial score (nSPS) is 12.2. The highest BCUT2D eigenvalue weighted by Gasteiger charge is 2.25. The first-order chi connectivity index (χ1) is 13.9. The number of amides is 1. The zero-order chi connectivity index (χ0) is 22.7. The van der Waals surface area contributed by atoms with Crippen LogP contribution >= 0.6 is 11.3 Å². The lowest BCUT2D eigenvalue weighted by atomic mass is 10.2. The Morgan fingerprint density at radius 3 is 2.30 bits per heavy atom. The van der Waals surface area contributed by atoms with Crippen molar-refractivity contribution in [2.45, 2.75) is 43.0 Å². The summed E-state index contributed by atoms with van der Waals surface area (Å²) in [5.41, 5.74) is -0.0907. The number of carbonyl (C=O) groups is 1. The molecular formula is C16H23N5O6S3. The molecule has 1 aromatic carbocycles. The van der Waals surface area contributed by atoms with Gasteiger partial charge in [0.2, 0.25) is 21.1 Å². The number of rotatable bonds is 9. The third-order valence-electron chi connectivity index (χ3n) is 3.51. The number of benzene rings is 1. The van der Waals surface area contributed by atoms with Crippen LogP contribution in [-0.2, 0) is 24.8 Å². The van der Waals surface area contributed by atoms with E-state index in [1.165, 1.54) is 19.2 Å². The van der Waals surface area contributed by atoms with Crippen LogP contribution in [0.25, 0.3) is 0 Å². The number of anilines is 2. The van der Waals surface area contributed by atoms with Crippen molar-refractivity contribution in [2.75, 3.05) is 17.1 Å². The van der Waals surface area contributed by atoms with Gasteiger partial charge in [-0.2, -0.15) is 8.42 Å². The Labute approximate surface area is 179 Å². The third-order valence-corrected chi connectivity index (χ3v) is 7.74. The monoisotopic (exact) mass is 477 g/mol. The molecule has 0 radical (unpaired) electrons. The molecule has 1 heterocycles. The van der Waals surface area contributed by atoms with Gasteiger partial charge >= 0.3 is 0 Å². The standard InChI is InChI=1S/C16H23N5O6S3/c1-9(2)14(22)17-15-18-19-16(28-15)30(25,26)21-12-8-11(6-7-13(12)27-5)29(23,24)20-10(3)4/h6-10,20-21H,1-5H3,(H,17,18,22). The Hall–Kier alpha value is -2.29. The minimum atomic E-state index is -4.22. The zero-order valence-corrected chi connectivity index (χ0v) is 19.4. The van der Waals surface area contributed by atoms with Crippen LogP contribution in [0.4, 0.5) is 10.8 Å². The fourth-order valence-electron chi connectivity index (χ4n) is 2.12. The quantitative estimate of drug-likeness (QED) is 0.460. The summed E-state index contributed by atoms with van der Waals surface area (Å²) >= 11 is 0.660. The molecule has 0 saturated heterocycles. The highest BCUT2D eigenvalue weighted by atomic mass is 32.2. The van der Waals surface area contributed by atoms with Crippen LogP contribution in [0.3, 0.4) is 0 Å². The van der Waals surface area contributed by atoms with E-state index >= 15 is 0 Å². The molecule has 0 unspecified atom stereocenters. The van der Waals surface area contributed by atoms with Gasteiger partial charge in [0.1, 0.15) is 5.75 Å². The maximum Gasteiger partial charge on any atom is 0.291 e. The molecule has 0 atom stereocenters. The Balaban J connectivity index is 2.35. The lowest BCUT2D eigenvalue weighted by Gasteiger charge is -2.14. The van der Waals surface area contributed by atoms with Crippen LogP contribution in [0.5, 0.6) is 5.75 Å². The van der Waals surface area contributed by atoms with E-state index < -0.39 is 24.4 Å². The van der Waals surface area contributed by atoms with Gasteiger partial charge in [-0.1, -0.05) is 25.2 Å². The SMILES string of the molecule is COc1ccc(S(=O)(=O)NC(C)C)cc1NS(=O)(=O)c1nnc(NC(=O)C(C)C)s1. The summed E-state index contributed by atoms with van der Waals surface area (Å²) in [7, 11) is -6.76. The number of methoxy groups -OCH3 is 1. The first-order valence-electron chi connectivity index (χ1n) is 8.73. The summed E-state index contributed by atoms with van der Waals surface area (Å²) in [5, 5.41) is 9.75. The van der Waals surface area contributed by atoms with Crippen LogP contribution < -0.4 is 19.5 Å². The van der Waals surface area contributed by atoms with E-state index in [-0.39, 0.29) is 39.3 Å². The fraction of sp³-hybridized carbons (Fsp3) is 0.438. The average Bonchev–Trinajstić information content (AvgIpc) is 3.09. The average molecular weight is 478 g/mol. The topological polar surface area (TPSA) is 156 Å². The Kier molecular flexibility index (Phi) is 7.39. The van der Waals surface area contributed by atoms with Crippen LogP contribution in [-0.4, -0.2) is 46.1 Å². The van der Waals surface area contributed by atoms with E-state index in [1.807, 2.05) is 0 Å². The fourth-order valence-corrected chi connectivity index (χ4v) is 5.36. The lowest BCUT2D eigenvalue weighted by molar-refractivity contribution is -0.118. The number of carbonyl (C=O) groups excluding carboxylic acids is 1. The first kappa shape index (κ1) is 24.0. The van der Waals surface area contributed by atoms with Crippen molar-refractivity contribution in [2.24, 2.45) is 5.92 Å². The molecule has 0 bridgehead atoms. The van der Waals surface area contributed by atoms with Crippen molar-refractivity contribution in [3.05, 3.63) is 18.2 Å². The van der Waals surface area contributed by atoms with Crippen molar-refractivity contribution in [3.8, 4) is 5.75 Å². The second kappa shape index (κ2) is 9.24. The van der Waals surface area contributed by atoms with Crippen LogP contribution in [0.15, 0.2) is 27.4 Å². The largest absolute Gasteiger partial charge is 0.495 e. The van der Waals surface area contributed by atoms with Crippen molar-refractivity contribution in [3.63, 3.8) is 0 Å². The Bertz CT molecular complexity index is 1130. The Morgan fingerprint density at radius 2 is 1.73 bits per heavy atom. The number of hydrogen-bond acceptors (Lipinski definition) is 9. The summed E-state index contributed by atoms with van der Waals surface area (Å²) in [6.45, 7) is 6.68. The highest BCUT2D eigenvalue weighted by molar-refractivity contribution is 7.94. The van der Waals surface area contributed by atoms with E-state index in [2.05, 4.69) is 25.0 Å². The maximum absolute atomic E-state index is 12.7. The van der Waals surface area contributed by atoms with Gasteiger partial charge in [-0.25, -0.2) is 13.1 Å². The van der Waals surface area contributed by atoms with Gasteiger partial charge in [0.25, 0.3) is 14.4 Å². The van der Waals surface area contributed by atoms with Gasteiger partial charge in [-0.15, -0.1) is 10.2 Å². The minimum Gasteiger partial charge on any atom is -0.495 e. The summed E-state index contributed by atoms with van der Waals surface area (Å²) in [6.07, 6.45) is 0. The molecule has 1 amide bonds. The van der Waals surface area contributed by atoms with E-state index in [4.69, 9.17) is 4.74 Å². The smallest absolute Gasteiger partial charge is 0.291 e. The van der Waals surface area contributed by atoms with Crippen LogP contribution in [0.1, 0.15) is 27.7 Å². The molecule has 2 aromatic rings. The number of nitrogens with zero attached hydrogens (tertiary/aromatic N) is 2. The second-order valence-corrected chi connectivity index (χ2v) is 11.3. The number of nitrogens with one attached hydrogen (secondary N) is 3. The van der Waals surface area contributed by atoms with Crippen LogP contribution in [0, 0.1) is 5.92 Å². The minimum absolute atomic E-state index is 0.0264. The maximum atomic E-state index is 12.7. The predicted octanol–water partition coefficient (Wildman–Crippen LogP) is 1.63. The van der Waals surface area contributed by atoms with Crippen molar-refractivity contribution in [1.82, 2.24) is 14.9 Å². The molecule has 14 heteroatoms. The molecule has 11 nitrogen and oxygen atoms in total. The molecule has 0 spiro atoms. The van der Waals surface area contributed by atoms with Crippen molar-refractivity contribution in [1.29, 1.82) is 0 Å². The van der Waals surface area contributed by atoms with Gasteiger partial charge in [-0.3, -0.25) is 9.52 Å². The zero-order valence-electron chi connectivity index (χ0n) is 17.0. The molecule has 0 aliphatic rings. The molecular weight excluding hydrogens is 454 g/mol. The summed E-state index contributed by atoms with van der Waals surface area (Å²) < 4.78 is 59.6. The van der Waals surface area contributed by atoms with E-state index in [0.29, 0.717) is 11.3 Å². The molecule has 1 aromatic heterocycles. The van der Waals surface area contributed by atoms with Crippen molar-refractivity contribution < 1.29 is 26.4 Å². The third kappa shape index (κ3) is 5.87. The first-order valence-corrected chi connectivity index (χ1v) is 12.5. The molecule has 0 saturated carbocycles. The van der Waals surface area contributed by atoms with Gasteiger partial charge in [0.15, 0.2) is 0 Å². The van der Waals surface area contributed by atoms with Gasteiger partial charge in [-0.05, 0) is 32.0 Å².